The Hall–Kier alpha value is -0.770. The molecule has 1 aliphatic carbocycles. The van der Waals surface area contributed by atoms with E-state index in [0.717, 1.165) is 32.1 Å². The molecule has 1 N–H and O–H groups in total. The first-order valence-electron chi connectivity index (χ1n) is 6.98. The molecule has 1 aliphatic heterocycles. The molecule has 2 aliphatic rings. The van der Waals surface area contributed by atoms with Crippen LogP contribution in [0.1, 0.15) is 52.9 Å². The van der Waals surface area contributed by atoms with Gasteiger partial charge in [-0.1, -0.05) is 6.42 Å². The number of amides is 1. The van der Waals surface area contributed by atoms with Crippen LogP contribution in [0.25, 0.3) is 0 Å². The number of rotatable bonds is 0. The summed E-state index contributed by atoms with van der Waals surface area (Å²) >= 11 is 0. The molecule has 104 valence electrons. The van der Waals surface area contributed by atoms with Gasteiger partial charge in [0, 0.05) is 13.1 Å². The number of hydrogen-bond donors (Lipinski definition) is 1. The van der Waals surface area contributed by atoms with Gasteiger partial charge in [-0.3, -0.25) is 0 Å². The fraction of sp³-hybridized carbons (Fsp3) is 0.929. The van der Waals surface area contributed by atoms with Gasteiger partial charge < -0.3 is 14.7 Å². The summed E-state index contributed by atoms with van der Waals surface area (Å²) in [7, 11) is 0. The lowest BCUT2D eigenvalue weighted by Gasteiger charge is -2.41. The Labute approximate surface area is 109 Å². The quantitative estimate of drug-likeness (QED) is 0.723. The van der Waals surface area contributed by atoms with Crippen molar-refractivity contribution in [2.24, 2.45) is 5.41 Å². The van der Waals surface area contributed by atoms with E-state index in [0.29, 0.717) is 13.1 Å². The molecule has 0 aromatic heterocycles. The zero-order valence-corrected chi connectivity index (χ0v) is 11.7. The monoisotopic (exact) mass is 255 g/mol. The van der Waals surface area contributed by atoms with E-state index in [1.165, 1.54) is 0 Å². The number of carbonyl (C=O) groups excluding carboxylic acids is 1. The van der Waals surface area contributed by atoms with Gasteiger partial charge in [-0.2, -0.15) is 0 Å². The van der Waals surface area contributed by atoms with Gasteiger partial charge in [0.05, 0.1) is 6.10 Å². The van der Waals surface area contributed by atoms with Crippen LogP contribution in [0.3, 0.4) is 0 Å². The summed E-state index contributed by atoms with van der Waals surface area (Å²) in [5, 5.41) is 10.1. The molecular weight excluding hydrogens is 230 g/mol. The Morgan fingerprint density at radius 1 is 1.28 bits per heavy atom. The molecule has 0 aromatic carbocycles. The number of piperidine rings is 1. The van der Waals surface area contributed by atoms with Gasteiger partial charge in [-0.25, -0.2) is 4.79 Å². The van der Waals surface area contributed by atoms with Crippen molar-refractivity contribution in [2.45, 2.75) is 64.6 Å². The first-order valence-corrected chi connectivity index (χ1v) is 6.98. The number of ether oxygens (including phenoxy) is 1. The average molecular weight is 255 g/mol. The fourth-order valence-corrected chi connectivity index (χ4v) is 3.16. The van der Waals surface area contributed by atoms with E-state index < -0.39 is 5.60 Å². The van der Waals surface area contributed by atoms with E-state index in [2.05, 4.69) is 0 Å². The number of likely N-dealkylation sites (tertiary alicyclic amines) is 1. The minimum absolute atomic E-state index is 0.0819. The number of carbonyl (C=O) groups is 1. The maximum Gasteiger partial charge on any atom is 0.410 e. The second-order valence-corrected chi connectivity index (χ2v) is 6.74. The standard InChI is InChI=1S/C14H25NO3/c1-13(2,3)18-12(17)15-9-7-14(8-10-15)6-4-5-11(14)16/h11,16H,4-10H2,1-3H3/t11-/m1/s1. The van der Waals surface area contributed by atoms with E-state index in [9.17, 15) is 9.90 Å². The second-order valence-electron chi connectivity index (χ2n) is 6.74. The second kappa shape index (κ2) is 4.72. The molecule has 2 rings (SSSR count). The van der Waals surface area contributed by atoms with Crippen LogP contribution >= 0.6 is 0 Å². The molecule has 4 heteroatoms. The topological polar surface area (TPSA) is 49.8 Å². The highest BCUT2D eigenvalue weighted by atomic mass is 16.6. The smallest absolute Gasteiger partial charge is 0.410 e. The fourth-order valence-electron chi connectivity index (χ4n) is 3.16. The van der Waals surface area contributed by atoms with Crippen molar-refractivity contribution in [1.82, 2.24) is 4.90 Å². The molecule has 1 amide bonds. The van der Waals surface area contributed by atoms with Crippen LogP contribution in [0, 0.1) is 5.41 Å². The van der Waals surface area contributed by atoms with Gasteiger partial charge in [0.25, 0.3) is 0 Å². The van der Waals surface area contributed by atoms with E-state index in [1.807, 2.05) is 20.8 Å². The summed E-state index contributed by atoms with van der Waals surface area (Å²) in [6.45, 7) is 7.09. The molecule has 0 bridgehead atoms. The molecule has 18 heavy (non-hydrogen) atoms. The van der Waals surface area contributed by atoms with Gasteiger partial charge in [0.1, 0.15) is 5.60 Å². The molecule has 1 spiro atoms. The van der Waals surface area contributed by atoms with E-state index in [-0.39, 0.29) is 17.6 Å². The highest BCUT2D eigenvalue weighted by Crippen LogP contribution is 2.46. The molecular formula is C14H25NO3. The number of nitrogens with zero attached hydrogens (tertiary/aromatic N) is 1. The van der Waals surface area contributed by atoms with Crippen LogP contribution in [0.5, 0.6) is 0 Å². The summed E-state index contributed by atoms with van der Waals surface area (Å²) < 4.78 is 5.38. The third-order valence-corrected chi connectivity index (χ3v) is 4.27. The van der Waals surface area contributed by atoms with Crippen molar-refractivity contribution >= 4 is 6.09 Å². The molecule has 0 radical (unpaired) electrons. The third kappa shape index (κ3) is 2.79. The van der Waals surface area contributed by atoms with Crippen molar-refractivity contribution in [3.63, 3.8) is 0 Å². The largest absolute Gasteiger partial charge is 0.444 e. The predicted octanol–water partition coefficient (Wildman–Crippen LogP) is 2.55. The third-order valence-electron chi connectivity index (χ3n) is 4.27. The Morgan fingerprint density at radius 3 is 2.33 bits per heavy atom. The molecule has 1 heterocycles. The van der Waals surface area contributed by atoms with Crippen LogP contribution in [0.15, 0.2) is 0 Å². The van der Waals surface area contributed by atoms with Crippen molar-refractivity contribution in [3.8, 4) is 0 Å². The van der Waals surface area contributed by atoms with Crippen molar-refractivity contribution < 1.29 is 14.6 Å². The first kappa shape index (κ1) is 13.7. The predicted molar refractivity (Wildman–Crippen MR) is 69.3 cm³/mol. The van der Waals surface area contributed by atoms with Crippen LogP contribution in [0.2, 0.25) is 0 Å². The number of aliphatic hydroxyl groups is 1. The van der Waals surface area contributed by atoms with E-state index >= 15 is 0 Å². The van der Waals surface area contributed by atoms with Gasteiger partial charge in [0.15, 0.2) is 0 Å². The zero-order valence-electron chi connectivity index (χ0n) is 11.7. The van der Waals surface area contributed by atoms with Crippen LogP contribution in [0.4, 0.5) is 4.79 Å². The summed E-state index contributed by atoms with van der Waals surface area (Å²) in [6, 6.07) is 0. The molecule has 2 fully saturated rings. The molecule has 1 saturated carbocycles. The number of hydrogen-bond acceptors (Lipinski definition) is 3. The summed E-state index contributed by atoms with van der Waals surface area (Å²) in [4.78, 5) is 13.7. The van der Waals surface area contributed by atoms with Gasteiger partial charge >= 0.3 is 6.09 Å². The zero-order chi connectivity index (χ0) is 13.4. The van der Waals surface area contributed by atoms with Crippen molar-refractivity contribution in [1.29, 1.82) is 0 Å². The van der Waals surface area contributed by atoms with Gasteiger partial charge in [0.2, 0.25) is 0 Å². The van der Waals surface area contributed by atoms with E-state index in [4.69, 9.17) is 4.74 Å². The Morgan fingerprint density at radius 2 is 1.89 bits per heavy atom. The van der Waals surface area contributed by atoms with Crippen molar-refractivity contribution in [2.75, 3.05) is 13.1 Å². The van der Waals surface area contributed by atoms with Gasteiger partial charge in [-0.05, 0) is 51.9 Å². The maximum atomic E-state index is 11.9. The van der Waals surface area contributed by atoms with Crippen molar-refractivity contribution in [3.05, 3.63) is 0 Å². The lowest BCUT2D eigenvalue weighted by molar-refractivity contribution is -0.0181. The summed E-state index contributed by atoms with van der Waals surface area (Å²) in [6.07, 6.45) is 4.58. The normalized spacial score (nSPS) is 27.6. The highest BCUT2D eigenvalue weighted by molar-refractivity contribution is 5.68. The minimum atomic E-state index is -0.431. The molecule has 1 atom stereocenters. The molecule has 0 aromatic rings. The van der Waals surface area contributed by atoms with Crippen LogP contribution < -0.4 is 0 Å². The summed E-state index contributed by atoms with van der Waals surface area (Å²) in [5.74, 6) is 0. The molecule has 0 unspecified atom stereocenters. The van der Waals surface area contributed by atoms with Crippen LogP contribution in [-0.2, 0) is 4.74 Å². The Balaban J connectivity index is 1.89. The SMILES string of the molecule is CC(C)(C)OC(=O)N1CCC2(CCC[C@H]2O)CC1. The summed E-state index contributed by atoms with van der Waals surface area (Å²) in [5.41, 5.74) is -0.350. The first-order chi connectivity index (χ1) is 8.32. The minimum Gasteiger partial charge on any atom is -0.444 e. The lowest BCUT2D eigenvalue weighted by Crippen LogP contribution is -2.47. The molecule has 1 saturated heterocycles. The highest BCUT2D eigenvalue weighted by Gasteiger charge is 2.44. The molecule has 4 nitrogen and oxygen atoms in total. The van der Waals surface area contributed by atoms with E-state index in [1.54, 1.807) is 4.90 Å². The average Bonchev–Trinajstić information content (AvgIpc) is 2.59. The maximum absolute atomic E-state index is 11.9. The van der Waals surface area contributed by atoms with Gasteiger partial charge in [-0.15, -0.1) is 0 Å². The van der Waals surface area contributed by atoms with Crippen LogP contribution in [-0.4, -0.2) is 40.9 Å². The Kier molecular flexibility index (Phi) is 3.58. The lowest BCUT2D eigenvalue weighted by atomic mass is 9.75. The number of aliphatic hydroxyl groups excluding tert-OH is 1. The Bertz CT molecular complexity index is 313.